The highest BCUT2D eigenvalue weighted by molar-refractivity contribution is 7.22. The summed E-state index contributed by atoms with van der Waals surface area (Å²) in [4.78, 5) is 0.837. The van der Waals surface area contributed by atoms with E-state index < -0.39 is 0 Å². The summed E-state index contributed by atoms with van der Waals surface area (Å²) in [5.41, 5.74) is 0. The van der Waals surface area contributed by atoms with Crippen LogP contribution in [0.25, 0.3) is 20.9 Å². The van der Waals surface area contributed by atoms with E-state index in [-0.39, 0.29) is 5.82 Å². The van der Waals surface area contributed by atoms with E-state index in [1.54, 1.807) is 6.07 Å². The van der Waals surface area contributed by atoms with Crippen LogP contribution in [0.1, 0.15) is 5.89 Å². The number of aryl methyl sites for hydroxylation is 1. The summed E-state index contributed by atoms with van der Waals surface area (Å²) in [5.74, 6) is 1.17. The van der Waals surface area contributed by atoms with E-state index >= 15 is 0 Å². The zero-order valence-electron chi connectivity index (χ0n) is 9.19. The molecule has 3 aromatic rings. The first-order valence-electron chi connectivity index (χ1n) is 5.34. The molecule has 0 N–H and O–H groups in total. The van der Waals surface area contributed by atoms with Gasteiger partial charge in [0.2, 0.25) is 5.89 Å². The number of alkyl halides is 1. The van der Waals surface area contributed by atoms with E-state index in [1.807, 2.05) is 6.07 Å². The Morgan fingerprint density at radius 2 is 2.17 bits per heavy atom. The molecule has 0 unspecified atom stereocenters. The van der Waals surface area contributed by atoms with Crippen molar-refractivity contribution in [2.24, 2.45) is 0 Å². The smallest absolute Gasteiger partial charge is 0.257 e. The van der Waals surface area contributed by atoms with Crippen LogP contribution in [0.5, 0.6) is 0 Å². The van der Waals surface area contributed by atoms with Crippen LogP contribution in [-0.2, 0) is 6.42 Å². The van der Waals surface area contributed by atoms with Crippen molar-refractivity contribution in [2.45, 2.75) is 6.42 Å². The van der Waals surface area contributed by atoms with Crippen LogP contribution in [0.2, 0.25) is 0 Å². The molecule has 0 fully saturated rings. The second-order valence-corrected chi connectivity index (χ2v) is 5.19. The largest absolute Gasteiger partial charge is 0.420 e. The molecule has 1 aromatic carbocycles. The van der Waals surface area contributed by atoms with Crippen LogP contribution in [0.4, 0.5) is 4.39 Å². The maximum Gasteiger partial charge on any atom is 0.257 e. The van der Waals surface area contributed by atoms with E-state index in [4.69, 9.17) is 16.0 Å². The van der Waals surface area contributed by atoms with Gasteiger partial charge in [0.25, 0.3) is 5.89 Å². The van der Waals surface area contributed by atoms with Gasteiger partial charge in [0.05, 0.1) is 4.88 Å². The molecular weight excluding hydrogens is 275 g/mol. The highest BCUT2D eigenvalue weighted by atomic mass is 35.5. The van der Waals surface area contributed by atoms with Gasteiger partial charge in [-0.25, -0.2) is 4.39 Å². The number of hydrogen-bond acceptors (Lipinski definition) is 4. The first kappa shape index (κ1) is 11.6. The third-order valence-electron chi connectivity index (χ3n) is 2.47. The summed E-state index contributed by atoms with van der Waals surface area (Å²) in [5, 5.41) is 8.83. The van der Waals surface area contributed by atoms with Crippen molar-refractivity contribution in [1.82, 2.24) is 10.2 Å². The number of fused-ring (bicyclic) bond motifs is 1. The molecule has 18 heavy (non-hydrogen) atoms. The third-order valence-corrected chi connectivity index (χ3v) is 3.74. The SMILES string of the molecule is Fc1ccc2cc(-c3nnc(CCCl)o3)sc2c1. The Morgan fingerprint density at radius 1 is 1.28 bits per heavy atom. The van der Waals surface area contributed by atoms with E-state index in [2.05, 4.69) is 10.2 Å². The van der Waals surface area contributed by atoms with Gasteiger partial charge in [0.15, 0.2) is 0 Å². The fourth-order valence-corrected chi connectivity index (χ4v) is 2.82. The van der Waals surface area contributed by atoms with Gasteiger partial charge < -0.3 is 4.42 Å². The van der Waals surface area contributed by atoms with Gasteiger partial charge >= 0.3 is 0 Å². The first-order chi connectivity index (χ1) is 8.76. The summed E-state index contributed by atoms with van der Waals surface area (Å²) in [7, 11) is 0. The van der Waals surface area contributed by atoms with Gasteiger partial charge in [-0.15, -0.1) is 33.1 Å². The Kier molecular flexibility index (Phi) is 3.01. The van der Waals surface area contributed by atoms with E-state index in [0.717, 1.165) is 15.0 Å². The Labute approximate surface area is 111 Å². The Bertz CT molecular complexity index is 694. The highest BCUT2D eigenvalue weighted by Gasteiger charge is 2.11. The summed E-state index contributed by atoms with van der Waals surface area (Å²) >= 11 is 7.03. The zero-order chi connectivity index (χ0) is 12.5. The monoisotopic (exact) mass is 282 g/mol. The van der Waals surface area contributed by atoms with Gasteiger partial charge in [-0.05, 0) is 23.6 Å². The quantitative estimate of drug-likeness (QED) is 0.685. The summed E-state index contributed by atoms with van der Waals surface area (Å²) in [6, 6.07) is 6.59. The van der Waals surface area contributed by atoms with Crippen LogP contribution >= 0.6 is 22.9 Å². The number of aromatic nitrogens is 2. The number of halogens is 2. The number of benzene rings is 1. The van der Waals surface area contributed by atoms with E-state index in [1.165, 1.54) is 23.5 Å². The lowest BCUT2D eigenvalue weighted by atomic mass is 10.2. The summed E-state index contributed by atoms with van der Waals surface area (Å²) in [6.45, 7) is 0. The van der Waals surface area contributed by atoms with Gasteiger partial charge in [-0.3, -0.25) is 0 Å². The molecule has 2 aromatic heterocycles. The maximum atomic E-state index is 13.1. The van der Waals surface area contributed by atoms with Crippen molar-refractivity contribution in [2.75, 3.05) is 5.88 Å². The van der Waals surface area contributed by atoms with E-state index in [0.29, 0.717) is 24.1 Å². The zero-order valence-corrected chi connectivity index (χ0v) is 10.8. The van der Waals surface area contributed by atoms with Gasteiger partial charge in [-0.1, -0.05) is 6.07 Å². The minimum absolute atomic E-state index is 0.246. The molecule has 3 rings (SSSR count). The lowest BCUT2D eigenvalue weighted by Crippen LogP contribution is -1.84. The topological polar surface area (TPSA) is 38.9 Å². The van der Waals surface area contributed by atoms with Crippen LogP contribution in [-0.4, -0.2) is 16.1 Å². The Hall–Kier alpha value is -1.46. The predicted octanol–water partition coefficient (Wildman–Crippen LogP) is 3.87. The molecular formula is C12H8ClFN2OS. The number of nitrogens with zero attached hydrogens (tertiary/aromatic N) is 2. The second-order valence-electron chi connectivity index (χ2n) is 3.73. The van der Waals surface area contributed by atoms with Gasteiger partial charge in [0, 0.05) is 17.0 Å². The van der Waals surface area contributed by atoms with Crippen molar-refractivity contribution in [3.8, 4) is 10.8 Å². The molecule has 0 atom stereocenters. The number of hydrogen-bond donors (Lipinski definition) is 0. The molecule has 0 aliphatic heterocycles. The fourth-order valence-electron chi connectivity index (χ4n) is 1.65. The molecule has 0 bridgehead atoms. The average Bonchev–Trinajstić information content (AvgIpc) is 2.94. The van der Waals surface area contributed by atoms with Crippen molar-refractivity contribution >= 4 is 33.0 Å². The maximum absolute atomic E-state index is 13.1. The summed E-state index contributed by atoms with van der Waals surface area (Å²) in [6.07, 6.45) is 0.550. The molecule has 3 nitrogen and oxygen atoms in total. The lowest BCUT2D eigenvalue weighted by molar-refractivity contribution is 0.515. The van der Waals surface area contributed by atoms with Crippen molar-refractivity contribution < 1.29 is 8.81 Å². The first-order valence-corrected chi connectivity index (χ1v) is 6.69. The highest BCUT2D eigenvalue weighted by Crippen LogP contribution is 2.33. The number of rotatable bonds is 3. The third kappa shape index (κ3) is 2.11. The normalized spacial score (nSPS) is 11.2. The minimum atomic E-state index is -0.246. The van der Waals surface area contributed by atoms with Crippen LogP contribution in [0, 0.1) is 5.82 Å². The van der Waals surface area contributed by atoms with Crippen molar-refractivity contribution in [3.63, 3.8) is 0 Å². The predicted molar refractivity (Wildman–Crippen MR) is 69.5 cm³/mol. The minimum Gasteiger partial charge on any atom is -0.420 e. The molecule has 0 amide bonds. The molecule has 0 saturated carbocycles. The fraction of sp³-hybridized carbons (Fsp3) is 0.167. The average molecular weight is 283 g/mol. The molecule has 0 saturated heterocycles. The van der Waals surface area contributed by atoms with Gasteiger partial charge in [0.1, 0.15) is 5.82 Å². The lowest BCUT2D eigenvalue weighted by Gasteiger charge is -1.87. The molecule has 0 spiro atoms. The van der Waals surface area contributed by atoms with Crippen LogP contribution < -0.4 is 0 Å². The Balaban J connectivity index is 2.02. The Morgan fingerprint density at radius 3 is 3.00 bits per heavy atom. The molecule has 6 heteroatoms. The van der Waals surface area contributed by atoms with Crippen molar-refractivity contribution in [1.29, 1.82) is 0 Å². The molecule has 92 valence electrons. The van der Waals surface area contributed by atoms with Crippen LogP contribution in [0.3, 0.4) is 0 Å². The van der Waals surface area contributed by atoms with Crippen molar-refractivity contribution in [3.05, 3.63) is 36.0 Å². The van der Waals surface area contributed by atoms with Gasteiger partial charge in [-0.2, -0.15) is 0 Å². The molecule has 0 aliphatic carbocycles. The molecule has 2 heterocycles. The molecule has 0 aliphatic rings. The summed E-state index contributed by atoms with van der Waals surface area (Å²) < 4.78 is 19.4. The van der Waals surface area contributed by atoms with E-state index in [9.17, 15) is 4.39 Å². The molecule has 0 radical (unpaired) electrons. The number of thiophene rings is 1. The second kappa shape index (κ2) is 4.66. The van der Waals surface area contributed by atoms with Crippen LogP contribution in [0.15, 0.2) is 28.7 Å². The standard InChI is InChI=1S/C12H8ClFN2OS/c13-4-3-11-15-16-12(17-11)10-5-7-1-2-8(14)6-9(7)18-10/h1-2,5-6H,3-4H2.